The SMILES string of the molecule is CCS(=O)(=O)c1ccc2c(c1)C(=Cc1[nH]c3c(c1CN1CCOCC1)CCCC3)CN2. The summed E-state index contributed by atoms with van der Waals surface area (Å²) in [5.41, 5.74) is 8.63. The maximum absolute atomic E-state index is 12.4. The molecule has 0 bridgehead atoms. The van der Waals surface area contributed by atoms with Gasteiger partial charge in [0.2, 0.25) is 0 Å². The second-order valence-electron chi connectivity index (χ2n) is 8.70. The lowest BCUT2D eigenvalue weighted by molar-refractivity contribution is 0.0340. The standard InChI is InChI=1S/C24H31N3O3S/c1-2-31(28,29)18-7-8-22-20(14-18)17(15-25-22)13-24-21(16-27-9-11-30-12-10-27)19-5-3-4-6-23(19)26-24/h7-8,13-14,25-26H,2-6,9-12,15-16H2,1H3. The molecule has 1 aliphatic carbocycles. The van der Waals surface area contributed by atoms with Crippen LogP contribution in [0.25, 0.3) is 11.6 Å². The lowest BCUT2D eigenvalue weighted by Crippen LogP contribution is -2.36. The van der Waals surface area contributed by atoms with Gasteiger partial charge in [0.15, 0.2) is 9.84 Å². The summed E-state index contributed by atoms with van der Waals surface area (Å²) in [5.74, 6) is 0.116. The molecule has 0 unspecified atom stereocenters. The van der Waals surface area contributed by atoms with E-state index in [2.05, 4.69) is 21.3 Å². The minimum Gasteiger partial charge on any atom is -0.380 e. The topological polar surface area (TPSA) is 74.4 Å². The molecule has 1 aromatic carbocycles. The number of aromatic amines is 1. The quantitative estimate of drug-likeness (QED) is 0.743. The zero-order valence-corrected chi connectivity index (χ0v) is 19.0. The molecular weight excluding hydrogens is 410 g/mol. The smallest absolute Gasteiger partial charge is 0.178 e. The van der Waals surface area contributed by atoms with Crippen molar-refractivity contribution in [2.75, 3.05) is 43.9 Å². The molecule has 2 N–H and O–H groups in total. The average Bonchev–Trinajstić information content (AvgIpc) is 3.36. The third-order valence-electron chi connectivity index (χ3n) is 6.79. The third kappa shape index (κ3) is 4.06. The molecule has 0 radical (unpaired) electrons. The van der Waals surface area contributed by atoms with E-state index in [9.17, 15) is 8.42 Å². The molecule has 7 heteroatoms. The second-order valence-corrected chi connectivity index (χ2v) is 11.0. The van der Waals surface area contributed by atoms with Crippen LogP contribution in [-0.2, 0) is 34.0 Å². The molecule has 2 aliphatic heterocycles. The number of benzene rings is 1. The molecular formula is C24H31N3O3S. The maximum Gasteiger partial charge on any atom is 0.178 e. The van der Waals surface area contributed by atoms with Crippen molar-refractivity contribution in [3.05, 3.63) is 46.3 Å². The predicted molar refractivity (Wildman–Crippen MR) is 124 cm³/mol. The molecule has 6 nitrogen and oxygen atoms in total. The molecule has 5 rings (SSSR count). The van der Waals surface area contributed by atoms with Gasteiger partial charge >= 0.3 is 0 Å². The van der Waals surface area contributed by atoms with Crippen LogP contribution in [0.5, 0.6) is 0 Å². The number of morpholine rings is 1. The van der Waals surface area contributed by atoms with Crippen molar-refractivity contribution >= 4 is 27.2 Å². The number of sulfone groups is 1. The number of aryl methyl sites for hydroxylation is 1. The Morgan fingerprint density at radius 2 is 1.97 bits per heavy atom. The van der Waals surface area contributed by atoms with Gasteiger partial charge in [-0.2, -0.15) is 0 Å². The number of nitrogens with one attached hydrogen (secondary N) is 2. The Balaban J connectivity index is 1.53. The molecule has 166 valence electrons. The minimum atomic E-state index is -3.23. The van der Waals surface area contributed by atoms with Crippen LogP contribution in [0.2, 0.25) is 0 Å². The molecule has 1 aromatic heterocycles. The first-order valence-electron chi connectivity index (χ1n) is 11.4. The molecule has 0 spiro atoms. The minimum absolute atomic E-state index is 0.116. The molecule has 3 heterocycles. The van der Waals surface area contributed by atoms with Crippen LogP contribution in [-0.4, -0.2) is 56.9 Å². The fourth-order valence-corrected chi connectivity index (χ4v) is 5.86. The van der Waals surface area contributed by atoms with Crippen LogP contribution >= 0.6 is 0 Å². The summed E-state index contributed by atoms with van der Waals surface area (Å²) in [6.45, 7) is 6.89. The van der Waals surface area contributed by atoms with Gasteiger partial charge in [-0.3, -0.25) is 4.90 Å². The van der Waals surface area contributed by atoms with Gasteiger partial charge < -0.3 is 15.0 Å². The van der Waals surface area contributed by atoms with E-state index in [1.807, 2.05) is 12.1 Å². The molecule has 1 fully saturated rings. The van der Waals surface area contributed by atoms with Gasteiger partial charge in [0.1, 0.15) is 0 Å². The highest BCUT2D eigenvalue weighted by Crippen LogP contribution is 2.36. The summed E-state index contributed by atoms with van der Waals surface area (Å²) in [5, 5.41) is 3.43. The van der Waals surface area contributed by atoms with Crippen molar-refractivity contribution in [1.82, 2.24) is 9.88 Å². The van der Waals surface area contributed by atoms with Crippen molar-refractivity contribution in [2.45, 2.75) is 44.0 Å². The zero-order valence-electron chi connectivity index (χ0n) is 18.2. The van der Waals surface area contributed by atoms with Crippen molar-refractivity contribution in [3.63, 3.8) is 0 Å². The average molecular weight is 442 g/mol. The van der Waals surface area contributed by atoms with Crippen LogP contribution in [0.3, 0.4) is 0 Å². The fraction of sp³-hybridized carbons (Fsp3) is 0.500. The first-order chi connectivity index (χ1) is 15.0. The van der Waals surface area contributed by atoms with Crippen LogP contribution in [0.1, 0.15) is 47.8 Å². The summed E-state index contributed by atoms with van der Waals surface area (Å²) in [7, 11) is -3.23. The number of fused-ring (bicyclic) bond motifs is 2. The summed E-state index contributed by atoms with van der Waals surface area (Å²) in [4.78, 5) is 6.61. The number of ether oxygens (including phenoxy) is 1. The van der Waals surface area contributed by atoms with E-state index >= 15 is 0 Å². The first kappa shape index (κ1) is 20.8. The van der Waals surface area contributed by atoms with Gasteiger partial charge in [0.05, 0.1) is 23.9 Å². The fourth-order valence-electron chi connectivity index (χ4n) is 4.96. The number of nitrogens with zero attached hydrogens (tertiary/aromatic N) is 1. The number of anilines is 1. The normalized spacial score (nSPS) is 20.5. The number of hydrogen-bond donors (Lipinski definition) is 2. The summed E-state index contributed by atoms with van der Waals surface area (Å²) in [6.07, 6.45) is 6.99. The van der Waals surface area contributed by atoms with Crippen LogP contribution in [0.15, 0.2) is 23.1 Å². The Bertz CT molecular complexity index is 1110. The van der Waals surface area contributed by atoms with E-state index in [1.165, 1.54) is 35.4 Å². The predicted octanol–water partition coefficient (Wildman–Crippen LogP) is 3.49. The van der Waals surface area contributed by atoms with Crippen molar-refractivity contribution in [2.24, 2.45) is 0 Å². The molecule has 2 aromatic rings. The highest BCUT2D eigenvalue weighted by molar-refractivity contribution is 7.91. The highest BCUT2D eigenvalue weighted by atomic mass is 32.2. The monoisotopic (exact) mass is 441 g/mol. The van der Waals surface area contributed by atoms with Gasteiger partial charge in [0, 0.05) is 48.8 Å². The second kappa shape index (κ2) is 8.45. The van der Waals surface area contributed by atoms with E-state index in [0.717, 1.165) is 62.5 Å². The highest BCUT2D eigenvalue weighted by Gasteiger charge is 2.24. The molecule has 0 atom stereocenters. The van der Waals surface area contributed by atoms with Crippen molar-refractivity contribution in [3.8, 4) is 0 Å². The number of aromatic nitrogens is 1. The third-order valence-corrected chi connectivity index (χ3v) is 8.52. The Kier molecular flexibility index (Phi) is 5.67. The van der Waals surface area contributed by atoms with Gasteiger partial charge in [-0.25, -0.2) is 8.42 Å². The summed E-state index contributed by atoms with van der Waals surface area (Å²) < 4.78 is 30.4. The van der Waals surface area contributed by atoms with Crippen LogP contribution in [0, 0.1) is 0 Å². The van der Waals surface area contributed by atoms with Crippen LogP contribution in [0.4, 0.5) is 5.69 Å². The summed E-state index contributed by atoms with van der Waals surface area (Å²) in [6, 6.07) is 5.45. The lowest BCUT2D eigenvalue weighted by atomic mass is 9.93. The summed E-state index contributed by atoms with van der Waals surface area (Å²) >= 11 is 0. The van der Waals surface area contributed by atoms with Gasteiger partial charge in [-0.05, 0) is 66.7 Å². The molecule has 0 saturated carbocycles. The van der Waals surface area contributed by atoms with E-state index in [-0.39, 0.29) is 5.75 Å². The Morgan fingerprint density at radius 3 is 2.77 bits per heavy atom. The number of hydrogen-bond acceptors (Lipinski definition) is 5. The van der Waals surface area contributed by atoms with Crippen molar-refractivity contribution < 1.29 is 13.2 Å². The first-order valence-corrected chi connectivity index (χ1v) is 13.0. The van der Waals surface area contributed by atoms with Crippen LogP contribution < -0.4 is 5.32 Å². The maximum atomic E-state index is 12.4. The number of H-pyrrole nitrogens is 1. The van der Waals surface area contributed by atoms with Gasteiger partial charge in [-0.15, -0.1) is 0 Å². The Hall–Kier alpha value is -2.09. The van der Waals surface area contributed by atoms with E-state index in [4.69, 9.17) is 4.74 Å². The number of rotatable bonds is 5. The molecule has 31 heavy (non-hydrogen) atoms. The van der Waals surface area contributed by atoms with Gasteiger partial charge in [0.25, 0.3) is 0 Å². The largest absolute Gasteiger partial charge is 0.380 e. The van der Waals surface area contributed by atoms with Gasteiger partial charge in [-0.1, -0.05) is 6.92 Å². The molecule has 3 aliphatic rings. The molecule has 0 amide bonds. The lowest BCUT2D eigenvalue weighted by Gasteiger charge is -2.27. The van der Waals surface area contributed by atoms with E-state index < -0.39 is 9.84 Å². The Morgan fingerprint density at radius 1 is 1.16 bits per heavy atom. The van der Waals surface area contributed by atoms with E-state index in [1.54, 1.807) is 13.0 Å². The Labute approximate surface area is 184 Å². The zero-order chi connectivity index (χ0) is 21.4. The molecule has 1 saturated heterocycles. The van der Waals surface area contributed by atoms with Crippen molar-refractivity contribution in [1.29, 1.82) is 0 Å². The van der Waals surface area contributed by atoms with E-state index in [0.29, 0.717) is 11.4 Å².